The highest BCUT2D eigenvalue weighted by atomic mass is 35.5. The summed E-state index contributed by atoms with van der Waals surface area (Å²) >= 11 is 7.44. The van der Waals surface area contributed by atoms with Crippen molar-refractivity contribution >= 4 is 34.5 Å². The molecule has 1 heterocycles. The molecule has 0 fully saturated rings. The van der Waals surface area contributed by atoms with E-state index in [1.54, 1.807) is 11.3 Å². The molecule has 1 aromatic heterocycles. The summed E-state index contributed by atoms with van der Waals surface area (Å²) in [6.07, 6.45) is 3.09. The van der Waals surface area contributed by atoms with Gasteiger partial charge in [-0.2, -0.15) is 0 Å². The topological polar surface area (TPSA) is 29.1 Å². The van der Waals surface area contributed by atoms with Crippen LogP contribution in [0.15, 0.2) is 23.6 Å². The average molecular weight is 366 g/mol. The van der Waals surface area contributed by atoms with Crippen molar-refractivity contribution in [1.82, 2.24) is 0 Å². The summed E-state index contributed by atoms with van der Waals surface area (Å²) in [5, 5.41) is 4.77. The Bertz CT molecular complexity index is 778. The molecule has 0 spiro atoms. The molecule has 0 aliphatic heterocycles. The molecule has 3 rings (SSSR count). The highest BCUT2D eigenvalue weighted by molar-refractivity contribution is 7.10. The number of carbonyl (C=O) groups is 1. The van der Waals surface area contributed by atoms with Gasteiger partial charge in [0.05, 0.1) is 10.6 Å². The molecule has 0 bridgehead atoms. The second kappa shape index (κ2) is 6.49. The number of halogens is 2. The predicted molar refractivity (Wildman–Crippen MR) is 98.7 cm³/mol. The van der Waals surface area contributed by atoms with Crippen molar-refractivity contribution in [3.63, 3.8) is 0 Å². The van der Waals surface area contributed by atoms with Gasteiger partial charge in [-0.25, -0.2) is 4.39 Å². The van der Waals surface area contributed by atoms with Gasteiger partial charge < -0.3 is 5.32 Å². The van der Waals surface area contributed by atoms with E-state index in [2.05, 4.69) is 26.1 Å². The molecule has 0 saturated heterocycles. The molecule has 1 unspecified atom stereocenters. The highest BCUT2D eigenvalue weighted by Gasteiger charge is 2.31. The first-order valence-electron chi connectivity index (χ1n) is 8.11. The van der Waals surface area contributed by atoms with Gasteiger partial charge in [0, 0.05) is 15.9 Å². The Morgan fingerprint density at radius 3 is 2.79 bits per heavy atom. The molecule has 0 saturated carbocycles. The standard InChI is InChI=1S/C19H21ClFNOS/c1-19(2,3)11-4-6-13-14(10-24-17(13)8-11)18(23)22-12-5-7-16(21)15(20)9-12/h5,7,9-11H,4,6,8H2,1-3H3,(H,22,23). The molecule has 5 heteroatoms. The molecular weight excluding hydrogens is 345 g/mol. The first-order chi connectivity index (χ1) is 11.3. The van der Waals surface area contributed by atoms with Crippen LogP contribution in [0.4, 0.5) is 10.1 Å². The second-order valence-electron chi connectivity index (χ2n) is 7.44. The number of nitrogens with one attached hydrogen (secondary N) is 1. The molecule has 1 N–H and O–H groups in total. The number of hydrogen-bond donors (Lipinski definition) is 1. The van der Waals surface area contributed by atoms with Crippen molar-refractivity contribution in [3.05, 3.63) is 50.4 Å². The van der Waals surface area contributed by atoms with E-state index in [4.69, 9.17) is 11.6 Å². The normalized spacial score (nSPS) is 17.5. The summed E-state index contributed by atoms with van der Waals surface area (Å²) in [5.41, 5.74) is 2.71. The van der Waals surface area contributed by atoms with Crippen molar-refractivity contribution in [2.24, 2.45) is 11.3 Å². The fourth-order valence-corrected chi connectivity index (χ4v) is 4.56. The van der Waals surface area contributed by atoms with Gasteiger partial charge in [0.15, 0.2) is 0 Å². The summed E-state index contributed by atoms with van der Waals surface area (Å²) in [6, 6.07) is 4.21. The van der Waals surface area contributed by atoms with E-state index in [9.17, 15) is 9.18 Å². The molecule has 0 radical (unpaired) electrons. The Morgan fingerprint density at radius 2 is 2.12 bits per heavy atom. The average Bonchev–Trinajstić information content (AvgIpc) is 2.93. The molecule has 1 aromatic carbocycles. The number of amides is 1. The van der Waals surface area contributed by atoms with E-state index in [0.29, 0.717) is 11.6 Å². The number of hydrogen-bond acceptors (Lipinski definition) is 2. The van der Waals surface area contributed by atoms with Gasteiger partial charge in [0.25, 0.3) is 5.91 Å². The first kappa shape index (κ1) is 17.4. The number of fused-ring (bicyclic) bond motifs is 1. The maximum atomic E-state index is 13.2. The van der Waals surface area contributed by atoms with E-state index in [1.807, 2.05) is 5.38 Å². The largest absolute Gasteiger partial charge is 0.322 e. The lowest BCUT2D eigenvalue weighted by Gasteiger charge is -2.34. The van der Waals surface area contributed by atoms with Crippen LogP contribution in [0.25, 0.3) is 0 Å². The summed E-state index contributed by atoms with van der Waals surface area (Å²) in [6.45, 7) is 6.84. The van der Waals surface area contributed by atoms with Crippen LogP contribution in [0, 0.1) is 17.2 Å². The van der Waals surface area contributed by atoms with Crippen LogP contribution in [0.2, 0.25) is 5.02 Å². The van der Waals surface area contributed by atoms with Gasteiger partial charge in [-0.3, -0.25) is 4.79 Å². The Hall–Kier alpha value is -1.39. The van der Waals surface area contributed by atoms with E-state index >= 15 is 0 Å². The summed E-state index contributed by atoms with van der Waals surface area (Å²) in [4.78, 5) is 13.9. The van der Waals surface area contributed by atoms with Crippen LogP contribution < -0.4 is 5.32 Å². The Kier molecular flexibility index (Phi) is 4.71. The molecule has 1 amide bonds. The van der Waals surface area contributed by atoms with E-state index in [1.165, 1.54) is 28.6 Å². The lowest BCUT2D eigenvalue weighted by atomic mass is 9.72. The minimum Gasteiger partial charge on any atom is -0.322 e. The summed E-state index contributed by atoms with van der Waals surface area (Å²) in [5.74, 6) is 0.00986. The Balaban J connectivity index is 1.78. The van der Waals surface area contributed by atoms with Gasteiger partial charge in [0.1, 0.15) is 5.82 Å². The number of anilines is 1. The zero-order valence-electron chi connectivity index (χ0n) is 14.1. The van der Waals surface area contributed by atoms with Crippen LogP contribution in [0.3, 0.4) is 0 Å². The first-order valence-corrected chi connectivity index (χ1v) is 9.37. The number of rotatable bonds is 2. The van der Waals surface area contributed by atoms with E-state index in [-0.39, 0.29) is 16.3 Å². The maximum absolute atomic E-state index is 13.2. The lowest BCUT2D eigenvalue weighted by molar-refractivity contribution is 0.102. The van der Waals surface area contributed by atoms with Gasteiger partial charge in [-0.05, 0) is 54.4 Å². The van der Waals surface area contributed by atoms with Gasteiger partial charge >= 0.3 is 0 Å². The van der Waals surface area contributed by atoms with Crippen LogP contribution >= 0.6 is 22.9 Å². The van der Waals surface area contributed by atoms with Crippen molar-refractivity contribution in [1.29, 1.82) is 0 Å². The van der Waals surface area contributed by atoms with Crippen molar-refractivity contribution in [3.8, 4) is 0 Å². The van der Waals surface area contributed by atoms with Crippen LogP contribution in [-0.4, -0.2) is 5.91 Å². The van der Waals surface area contributed by atoms with E-state index in [0.717, 1.165) is 24.8 Å². The molecule has 128 valence electrons. The SMILES string of the molecule is CC(C)(C)C1CCc2c(C(=O)Nc3ccc(F)c(Cl)c3)csc2C1. The number of thiophene rings is 1. The van der Waals surface area contributed by atoms with Gasteiger partial charge in [0.2, 0.25) is 0 Å². The van der Waals surface area contributed by atoms with Crippen molar-refractivity contribution in [2.75, 3.05) is 5.32 Å². The molecule has 1 atom stereocenters. The van der Waals surface area contributed by atoms with Crippen LogP contribution in [-0.2, 0) is 12.8 Å². The minimum atomic E-state index is -0.490. The fraction of sp³-hybridized carbons (Fsp3) is 0.421. The maximum Gasteiger partial charge on any atom is 0.256 e. The van der Waals surface area contributed by atoms with Gasteiger partial charge in [-0.1, -0.05) is 32.4 Å². The second-order valence-corrected chi connectivity index (χ2v) is 8.81. The molecular formula is C19H21ClFNOS. The van der Waals surface area contributed by atoms with Crippen LogP contribution in [0.1, 0.15) is 48.0 Å². The molecule has 2 nitrogen and oxygen atoms in total. The third-order valence-electron chi connectivity index (χ3n) is 4.80. The fourth-order valence-electron chi connectivity index (χ4n) is 3.21. The third-order valence-corrected chi connectivity index (χ3v) is 6.14. The zero-order valence-corrected chi connectivity index (χ0v) is 15.7. The quantitative estimate of drug-likeness (QED) is 0.700. The van der Waals surface area contributed by atoms with Gasteiger partial charge in [-0.15, -0.1) is 11.3 Å². The molecule has 1 aliphatic carbocycles. The summed E-state index contributed by atoms with van der Waals surface area (Å²) in [7, 11) is 0. The Morgan fingerprint density at radius 1 is 1.38 bits per heavy atom. The van der Waals surface area contributed by atoms with Crippen molar-refractivity contribution in [2.45, 2.75) is 40.0 Å². The predicted octanol–water partition coefficient (Wildman–Crippen LogP) is 5.94. The smallest absolute Gasteiger partial charge is 0.256 e. The molecule has 1 aliphatic rings. The minimum absolute atomic E-state index is 0.00756. The Labute approximate surface area is 151 Å². The highest BCUT2D eigenvalue weighted by Crippen LogP contribution is 2.40. The zero-order chi connectivity index (χ0) is 17.5. The number of carbonyl (C=O) groups excluding carboxylic acids is 1. The monoisotopic (exact) mass is 365 g/mol. The lowest BCUT2D eigenvalue weighted by Crippen LogP contribution is -2.27. The van der Waals surface area contributed by atoms with Crippen LogP contribution in [0.5, 0.6) is 0 Å². The number of benzene rings is 1. The van der Waals surface area contributed by atoms with E-state index < -0.39 is 5.82 Å². The molecule has 2 aromatic rings. The van der Waals surface area contributed by atoms with Crippen molar-refractivity contribution < 1.29 is 9.18 Å². The summed E-state index contributed by atoms with van der Waals surface area (Å²) < 4.78 is 13.2. The molecule has 24 heavy (non-hydrogen) atoms. The third kappa shape index (κ3) is 3.50.